The molecule has 0 saturated heterocycles. The molecule has 2 aliphatic rings. The van der Waals surface area contributed by atoms with Crippen LogP contribution in [0, 0.1) is 5.92 Å². The van der Waals surface area contributed by atoms with Crippen LogP contribution in [0.4, 0.5) is 0 Å². The second-order valence-electron chi connectivity index (χ2n) is 8.99. The van der Waals surface area contributed by atoms with Gasteiger partial charge in [-0.25, -0.2) is 0 Å². The molecule has 0 saturated carbocycles. The quantitative estimate of drug-likeness (QED) is 0.244. The molecule has 0 heterocycles. The summed E-state index contributed by atoms with van der Waals surface area (Å²) < 4.78 is 12.0. The normalized spacial score (nSPS) is 19.3. The first-order chi connectivity index (χ1) is 16.5. The van der Waals surface area contributed by atoms with E-state index in [0.29, 0.717) is 12.2 Å². The van der Waals surface area contributed by atoms with Gasteiger partial charge in [-0.3, -0.25) is 4.79 Å². The molecule has 3 nitrogen and oxygen atoms in total. The van der Waals surface area contributed by atoms with E-state index in [1.807, 2.05) is 12.1 Å². The van der Waals surface area contributed by atoms with Crippen molar-refractivity contribution in [2.24, 2.45) is 5.92 Å². The molecule has 0 N–H and O–H groups in total. The van der Waals surface area contributed by atoms with Crippen molar-refractivity contribution < 1.29 is 14.3 Å². The maximum Gasteiger partial charge on any atom is 0.311 e. The lowest BCUT2D eigenvalue weighted by atomic mass is 9.66. The zero-order valence-electron chi connectivity index (χ0n) is 19.0. The minimum atomic E-state index is -0.197. The first kappa shape index (κ1) is 23.2. The van der Waals surface area contributed by atoms with E-state index in [9.17, 15) is 4.79 Å². The number of aryl methyl sites for hydroxylation is 1. The number of allylic oxidation sites excluding steroid dienone is 2. The number of ether oxygens (including phenoxy) is 2. The van der Waals surface area contributed by atoms with Crippen LogP contribution in [-0.2, 0) is 11.2 Å². The highest BCUT2D eigenvalue weighted by Crippen LogP contribution is 2.51. The van der Waals surface area contributed by atoms with Crippen molar-refractivity contribution in [3.05, 3.63) is 98.5 Å². The monoisotopic (exact) mass is 536 g/mol. The summed E-state index contributed by atoms with van der Waals surface area (Å²) in [6, 6.07) is 21.9. The summed E-state index contributed by atoms with van der Waals surface area (Å²) in [6.07, 6.45) is 4.33. The Morgan fingerprint density at radius 2 is 1.71 bits per heavy atom. The molecule has 0 spiro atoms. The van der Waals surface area contributed by atoms with Gasteiger partial charge in [0.15, 0.2) is 0 Å². The Morgan fingerprint density at radius 1 is 0.971 bits per heavy atom. The number of rotatable bonds is 5. The molecule has 0 aliphatic heterocycles. The van der Waals surface area contributed by atoms with Crippen LogP contribution < -0.4 is 9.47 Å². The van der Waals surface area contributed by atoms with Crippen LogP contribution in [0.5, 0.6) is 11.5 Å². The van der Waals surface area contributed by atoms with Gasteiger partial charge in [-0.2, -0.15) is 0 Å². The van der Waals surface area contributed by atoms with Gasteiger partial charge in [0.05, 0.1) is 7.11 Å². The average molecular weight is 538 g/mol. The fourth-order valence-corrected chi connectivity index (χ4v) is 5.94. The van der Waals surface area contributed by atoms with Gasteiger partial charge in [0.25, 0.3) is 0 Å². The van der Waals surface area contributed by atoms with E-state index in [1.165, 1.54) is 27.8 Å². The number of benzene rings is 3. The lowest BCUT2D eigenvalue weighted by Crippen LogP contribution is -2.27. The van der Waals surface area contributed by atoms with Crippen LogP contribution in [0.3, 0.4) is 0 Å². The van der Waals surface area contributed by atoms with Crippen LogP contribution >= 0.6 is 27.5 Å². The Balaban J connectivity index is 1.45. The first-order valence-corrected chi connectivity index (χ1v) is 12.8. The third-order valence-corrected chi connectivity index (χ3v) is 7.75. The highest BCUT2D eigenvalue weighted by Gasteiger charge is 2.36. The van der Waals surface area contributed by atoms with E-state index in [4.69, 9.17) is 21.1 Å². The molecular weight excluding hydrogens is 512 g/mol. The number of halogens is 2. The van der Waals surface area contributed by atoms with E-state index < -0.39 is 0 Å². The van der Waals surface area contributed by atoms with E-state index >= 15 is 0 Å². The van der Waals surface area contributed by atoms with Crippen molar-refractivity contribution in [3.63, 3.8) is 0 Å². The van der Waals surface area contributed by atoms with Crippen molar-refractivity contribution in [2.45, 2.75) is 38.0 Å². The predicted molar refractivity (Wildman–Crippen MR) is 140 cm³/mol. The summed E-state index contributed by atoms with van der Waals surface area (Å²) in [5.74, 6) is 1.44. The van der Waals surface area contributed by atoms with Crippen LogP contribution in [0.25, 0.3) is 5.57 Å². The van der Waals surface area contributed by atoms with Gasteiger partial charge >= 0.3 is 5.97 Å². The maximum absolute atomic E-state index is 13.0. The summed E-state index contributed by atoms with van der Waals surface area (Å²) in [6.45, 7) is 0. The number of hydrogen-bond acceptors (Lipinski definition) is 3. The lowest BCUT2D eigenvalue weighted by molar-refractivity contribution is -0.135. The Labute approximate surface area is 213 Å². The van der Waals surface area contributed by atoms with Crippen molar-refractivity contribution in [1.82, 2.24) is 0 Å². The average Bonchev–Trinajstić information content (AvgIpc) is 2.85. The maximum atomic E-state index is 13.0. The molecular formula is C29H26BrClO3. The third-order valence-electron chi connectivity index (χ3n) is 7.01. The molecule has 2 aliphatic carbocycles. The molecule has 0 radical (unpaired) electrons. The highest BCUT2D eigenvalue weighted by atomic mass is 79.9. The molecule has 34 heavy (non-hydrogen) atoms. The molecule has 3 aromatic carbocycles. The first-order valence-electron chi connectivity index (χ1n) is 11.6. The minimum absolute atomic E-state index is 0.177. The smallest absolute Gasteiger partial charge is 0.311 e. The molecule has 174 valence electrons. The Bertz CT molecular complexity index is 1230. The Morgan fingerprint density at radius 3 is 2.44 bits per heavy atom. The molecule has 0 fully saturated rings. The fraction of sp³-hybridized carbons (Fsp3) is 0.276. The van der Waals surface area contributed by atoms with Gasteiger partial charge in [0, 0.05) is 21.8 Å². The van der Waals surface area contributed by atoms with Crippen molar-refractivity contribution in [1.29, 1.82) is 0 Å². The van der Waals surface area contributed by atoms with E-state index in [-0.39, 0.29) is 17.8 Å². The number of fused-ring (bicyclic) bond motifs is 2. The molecule has 0 aromatic heterocycles. The second-order valence-corrected chi connectivity index (χ2v) is 10.3. The van der Waals surface area contributed by atoms with Crippen molar-refractivity contribution >= 4 is 39.1 Å². The second kappa shape index (κ2) is 9.97. The van der Waals surface area contributed by atoms with Gasteiger partial charge in [-0.1, -0.05) is 51.3 Å². The number of hydrogen-bond donors (Lipinski definition) is 0. The van der Waals surface area contributed by atoms with Crippen LogP contribution in [0.15, 0.2) is 76.8 Å². The summed E-state index contributed by atoms with van der Waals surface area (Å²) in [5, 5.41) is 0.724. The van der Waals surface area contributed by atoms with Crippen LogP contribution in [0.1, 0.15) is 48.3 Å². The Kier molecular flexibility index (Phi) is 6.80. The molecule has 0 amide bonds. The number of carbonyl (C=O) groups is 1. The van der Waals surface area contributed by atoms with E-state index in [1.54, 1.807) is 31.4 Å². The molecule has 5 rings (SSSR count). The summed E-state index contributed by atoms with van der Waals surface area (Å²) in [4.78, 5) is 13.0. The minimum Gasteiger partial charge on any atom is -0.497 e. The number of methoxy groups -OCH3 is 1. The van der Waals surface area contributed by atoms with Crippen LogP contribution in [0.2, 0.25) is 5.02 Å². The summed E-state index contributed by atoms with van der Waals surface area (Å²) >= 11 is 9.86. The predicted octanol–water partition coefficient (Wildman–Crippen LogP) is 8.00. The van der Waals surface area contributed by atoms with Crippen LogP contribution in [-0.4, -0.2) is 13.1 Å². The largest absolute Gasteiger partial charge is 0.497 e. The van der Waals surface area contributed by atoms with E-state index in [2.05, 4.69) is 46.3 Å². The third kappa shape index (κ3) is 4.80. The SMILES string of the molecule is COc1ccc(OC(=O)CC2CCC3=C(CCc4ccc(Br)cc43)[C@H]2c2ccc(Cl)cc2)cc1. The number of carbonyl (C=O) groups excluding carboxylic acids is 1. The molecule has 2 atom stereocenters. The highest BCUT2D eigenvalue weighted by molar-refractivity contribution is 9.10. The summed E-state index contributed by atoms with van der Waals surface area (Å²) in [7, 11) is 1.62. The van der Waals surface area contributed by atoms with Crippen molar-refractivity contribution in [3.8, 4) is 11.5 Å². The summed E-state index contributed by atoms with van der Waals surface area (Å²) in [5.41, 5.74) is 6.89. The topological polar surface area (TPSA) is 35.5 Å². The molecule has 5 heteroatoms. The number of esters is 1. The zero-order chi connectivity index (χ0) is 23.7. The molecule has 0 bridgehead atoms. The zero-order valence-corrected chi connectivity index (χ0v) is 21.4. The van der Waals surface area contributed by atoms with Gasteiger partial charge in [-0.05, 0) is 102 Å². The molecule has 3 aromatic rings. The van der Waals surface area contributed by atoms with E-state index in [0.717, 1.165) is 40.9 Å². The fourth-order valence-electron chi connectivity index (χ4n) is 5.45. The van der Waals surface area contributed by atoms with Gasteiger partial charge in [0.1, 0.15) is 11.5 Å². The molecule has 1 unspecified atom stereocenters. The van der Waals surface area contributed by atoms with Crippen molar-refractivity contribution in [2.75, 3.05) is 7.11 Å². The Hall–Kier alpha value is -2.56. The lowest BCUT2D eigenvalue weighted by Gasteiger charge is -2.39. The standard InChI is InChI=1S/C29H26BrClO3/c1-33-23-10-12-24(13-11-23)34-28(32)16-20-6-14-25-26(29(20)19-3-8-22(31)9-4-19)15-5-18-2-7-21(30)17-27(18)25/h2-4,7-13,17,20,29H,5-6,14-16H2,1H3/t20?,29-/m0/s1. The van der Waals surface area contributed by atoms with Gasteiger partial charge in [-0.15, -0.1) is 0 Å². The van der Waals surface area contributed by atoms with Gasteiger partial charge in [0.2, 0.25) is 0 Å². The van der Waals surface area contributed by atoms with Gasteiger partial charge < -0.3 is 9.47 Å².